The zero-order valence-electron chi connectivity index (χ0n) is 9.85. The molecule has 0 spiro atoms. The average Bonchev–Trinajstić information content (AvgIpc) is 2.25. The summed E-state index contributed by atoms with van der Waals surface area (Å²) in [7, 11) is 1.14. The standard InChI is InChI=1S/C9H16N2O5S/c1-9(2,6(10)7(13)14)17-4-5(12)11-8(15)16-3/h6H,4,10H2,1-3H3,(H,13,14)(H,11,12,15)/t6-/m1/s1. The second-order valence-corrected chi connectivity index (χ2v) is 5.38. The van der Waals surface area contributed by atoms with E-state index < -0.39 is 28.8 Å². The number of carbonyl (C=O) groups excluding carboxylic acids is 2. The van der Waals surface area contributed by atoms with Crippen LogP contribution >= 0.6 is 11.8 Å². The first-order valence-electron chi connectivity index (χ1n) is 4.71. The fourth-order valence-electron chi connectivity index (χ4n) is 0.840. The van der Waals surface area contributed by atoms with Gasteiger partial charge in [0, 0.05) is 4.75 Å². The first kappa shape index (κ1) is 15.7. The van der Waals surface area contributed by atoms with Crippen LogP contribution < -0.4 is 11.1 Å². The van der Waals surface area contributed by atoms with Crippen molar-refractivity contribution >= 4 is 29.7 Å². The minimum atomic E-state index is -1.14. The fraction of sp³-hybridized carbons (Fsp3) is 0.667. The van der Waals surface area contributed by atoms with Crippen molar-refractivity contribution in [1.29, 1.82) is 0 Å². The van der Waals surface area contributed by atoms with Crippen molar-refractivity contribution in [2.75, 3.05) is 12.9 Å². The van der Waals surface area contributed by atoms with Gasteiger partial charge in [-0.25, -0.2) is 4.79 Å². The van der Waals surface area contributed by atoms with E-state index in [1.807, 2.05) is 5.32 Å². The van der Waals surface area contributed by atoms with Gasteiger partial charge in [0.1, 0.15) is 6.04 Å². The summed E-state index contributed by atoms with van der Waals surface area (Å²) in [5.41, 5.74) is 5.46. The van der Waals surface area contributed by atoms with Gasteiger partial charge in [0.05, 0.1) is 12.9 Å². The van der Waals surface area contributed by atoms with Gasteiger partial charge in [-0.1, -0.05) is 0 Å². The molecule has 0 saturated heterocycles. The Hall–Kier alpha value is -1.28. The molecule has 2 amide bonds. The summed E-state index contributed by atoms with van der Waals surface area (Å²) in [6, 6.07) is -1.10. The number of methoxy groups -OCH3 is 1. The Balaban J connectivity index is 4.22. The number of rotatable bonds is 5. The van der Waals surface area contributed by atoms with E-state index in [2.05, 4.69) is 4.74 Å². The molecule has 17 heavy (non-hydrogen) atoms. The van der Waals surface area contributed by atoms with E-state index in [-0.39, 0.29) is 5.75 Å². The number of carbonyl (C=O) groups is 3. The molecule has 0 aliphatic heterocycles. The summed E-state index contributed by atoms with van der Waals surface area (Å²) in [4.78, 5) is 32.6. The number of amides is 2. The number of hydrogen-bond acceptors (Lipinski definition) is 6. The van der Waals surface area contributed by atoms with Gasteiger partial charge in [-0.05, 0) is 13.8 Å². The van der Waals surface area contributed by atoms with Crippen LogP contribution in [0.15, 0.2) is 0 Å². The topological polar surface area (TPSA) is 119 Å². The molecule has 7 nitrogen and oxygen atoms in total. The number of ether oxygens (including phenoxy) is 1. The summed E-state index contributed by atoms with van der Waals surface area (Å²) < 4.78 is 3.42. The molecule has 4 N–H and O–H groups in total. The van der Waals surface area contributed by atoms with Crippen LogP contribution in [0.1, 0.15) is 13.8 Å². The third-order valence-corrected chi connectivity index (χ3v) is 3.42. The molecule has 0 fully saturated rings. The first-order chi connectivity index (χ1) is 7.70. The molecule has 0 heterocycles. The lowest BCUT2D eigenvalue weighted by Gasteiger charge is -2.27. The molecule has 8 heteroatoms. The molecule has 0 aromatic carbocycles. The van der Waals surface area contributed by atoms with E-state index in [9.17, 15) is 14.4 Å². The van der Waals surface area contributed by atoms with Gasteiger partial charge in [-0.3, -0.25) is 14.9 Å². The van der Waals surface area contributed by atoms with E-state index in [1.165, 1.54) is 0 Å². The lowest BCUT2D eigenvalue weighted by Crippen LogP contribution is -2.47. The zero-order chi connectivity index (χ0) is 13.6. The lowest BCUT2D eigenvalue weighted by atomic mass is 10.1. The van der Waals surface area contributed by atoms with Gasteiger partial charge in [-0.2, -0.15) is 0 Å². The first-order valence-corrected chi connectivity index (χ1v) is 5.69. The zero-order valence-corrected chi connectivity index (χ0v) is 10.7. The van der Waals surface area contributed by atoms with E-state index in [0.717, 1.165) is 18.9 Å². The Morgan fingerprint density at radius 3 is 2.41 bits per heavy atom. The molecule has 0 saturated carbocycles. The summed E-state index contributed by atoms with van der Waals surface area (Å²) in [6.45, 7) is 3.23. The van der Waals surface area contributed by atoms with E-state index in [4.69, 9.17) is 10.8 Å². The maximum Gasteiger partial charge on any atom is 0.413 e. The number of nitrogens with one attached hydrogen (secondary N) is 1. The predicted octanol–water partition coefficient (Wildman–Crippen LogP) is -0.207. The van der Waals surface area contributed by atoms with Gasteiger partial charge in [-0.15, -0.1) is 11.8 Å². The van der Waals surface area contributed by atoms with Crippen LogP contribution in [0.4, 0.5) is 4.79 Å². The van der Waals surface area contributed by atoms with Crippen LogP contribution in [0, 0.1) is 0 Å². The van der Waals surface area contributed by atoms with Crippen LogP contribution in [0.2, 0.25) is 0 Å². The van der Waals surface area contributed by atoms with Crippen LogP contribution in [0.5, 0.6) is 0 Å². The highest BCUT2D eigenvalue weighted by Gasteiger charge is 2.33. The molecule has 98 valence electrons. The number of aliphatic carboxylic acids is 1. The summed E-state index contributed by atoms with van der Waals surface area (Å²) in [5.74, 6) is -1.79. The van der Waals surface area contributed by atoms with Crippen molar-refractivity contribution < 1.29 is 24.2 Å². The second-order valence-electron chi connectivity index (χ2n) is 3.75. The quantitative estimate of drug-likeness (QED) is 0.628. The molecule has 0 aliphatic carbocycles. The smallest absolute Gasteiger partial charge is 0.413 e. The molecule has 0 rings (SSSR count). The molecule has 0 radical (unpaired) electrons. The third kappa shape index (κ3) is 5.55. The number of hydrogen-bond donors (Lipinski definition) is 3. The average molecular weight is 264 g/mol. The Labute approximate surface area is 103 Å². The maximum atomic E-state index is 11.2. The minimum absolute atomic E-state index is 0.0803. The number of nitrogens with two attached hydrogens (primary N) is 1. The Morgan fingerprint density at radius 2 is 2.00 bits per heavy atom. The molecule has 0 bridgehead atoms. The lowest BCUT2D eigenvalue weighted by molar-refractivity contribution is -0.139. The predicted molar refractivity (Wildman–Crippen MR) is 62.7 cm³/mol. The van der Waals surface area contributed by atoms with Gasteiger partial charge in [0.2, 0.25) is 5.91 Å². The maximum absolute atomic E-state index is 11.2. The highest BCUT2D eigenvalue weighted by molar-refractivity contribution is 8.01. The normalized spacial score (nSPS) is 12.7. The van der Waals surface area contributed by atoms with Crippen LogP contribution in [0.25, 0.3) is 0 Å². The van der Waals surface area contributed by atoms with Crippen LogP contribution in [-0.4, -0.2) is 46.7 Å². The number of thioether (sulfide) groups is 1. The van der Waals surface area contributed by atoms with Crippen molar-refractivity contribution in [2.45, 2.75) is 24.6 Å². The third-order valence-electron chi connectivity index (χ3n) is 2.02. The van der Waals surface area contributed by atoms with Crippen molar-refractivity contribution in [2.24, 2.45) is 5.73 Å². The monoisotopic (exact) mass is 264 g/mol. The Morgan fingerprint density at radius 1 is 1.47 bits per heavy atom. The van der Waals surface area contributed by atoms with Gasteiger partial charge < -0.3 is 15.6 Å². The largest absolute Gasteiger partial charge is 0.480 e. The molecule has 1 atom stereocenters. The number of imide groups is 1. The van der Waals surface area contributed by atoms with Gasteiger partial charge in [0.15, 0.2) is 0 Å². The summed E-state index contributed by atoms with van der Waals surface area (Å²) in [6.07, 6.45) is -0.851. The van der Waals surface area contributed by atoms with E-state index in [0.29, 0.717) is 0 Å². The van der Waals surface area contributed by atoms with E-state index >= 15 is 0 Å². The van der Waals surface area contributed by atoms with Crippen LogP contribution in [-0.2, 0) is 14.3 Å². The molecule has 0 unspecified atom stereocenters. The molecule has 0 aromatic heterocycles. The molecule has 0 aliphatic rings. The minimum Gasteiger partial charge on any atom is -0.480 e. The summed E-state index contributed by atoms with van der Waals surface area (Å²) >= 11 is 1.05. The van der Waals surface area contributed by atoms with Gasteiger partial charge >= 0.3 is 12.1 Å². The highest BCUT2D eigenvalue weighted by atomic mass is 32.2. The molecular weight excluding hydrogens is 248 g/mol. The van der Waals surface area contributed by atoms with Crippen molar-refractivity contribution in [3.05, 3.63) is 0 Å². The number of carboxylic acid groups (broad SMARTS) is 1. The fourth-order valence-corrected chi connectivity index (χ4v) is 1.70. The SMILES string of the molecule is COC(=O)NC(=O)CSC(C)(C)[C@H](N)C(=O)O. The van der Waals surface area contributed by atoms with Gasteiger partial charge in [0.25, 0.3) is 0 Å². The second kappa shape index (κ2) is 6.45. The van der Waals surface area contributed by atoms with Crippen molar-refractivity contribution in [1.82, 2.24) is 5.32 Å². The summed E-state index contributed by atoms with van der Waals surface area (Å²) in [5, 5.41) is 10.7. The number of alkyl carbamates (subject to hydrolysis) is 1. The van der Waals surface area contributed by atoms with Crippen molar-refractivity contribution in [3.8, 4) is 0 Å². The highest BCUT2D eigenvalue weighted by Crippen LogP contribution is 2.27. The van der Waals surface area contributed by atoms with E-state index in [1.54, 1.807) is 13.8 Å². The van der Waals surface area contributed by atoms with Crippen molar-refractivity contribution in [3.63, 3.8) is 0 Å². The number of carboxylic acids is 1. The Kier molecular flexibility index (Phi) is 5.97. The molecular formula is C9H16N2O5S. The Bertz CT molecular complexity index is 319. The van der Waals surface area contributed by atoms with Crippen LogP contribution in [0.3, 0.4) is 0 Å². The molecule has 0 aromatic rings.